The van der Waals surface area contributed by atoms with Gasteiger partial charge in [0.05, 0.1) is 5.56 Å². The van der Waals surface area contributed by atoms with Crippen molar-refractivity contribution < 1.29 is 4.74 Å². The Morgan fingerprint density at radius 1 is 1.26 bits per heavy atom. The molecule has 0 spiro atoms. The second-order valence-corrected chi connectivity index (χ2v) is 5.86. The van der Waals surface area contributed by atoms with Crippen molar-refractivity contribution in [1.82, 2.24) is 9.97 Å². The molecule has 100 valence electrons. The summed E-state index contributed by atoms with van der Waals surface area (Å²) in [4.78, 5) is 8.72. The Hall–Kier alpha value is -1.37. The quantitative estimate of drug-likeness (QED) is 0.834. The van der Waals surface area contributed by atoms with E-state index < -0.39 is 0 Å². The minimum Gasteiger partial charge on any atom is -0.439 e. The van der Waals surface area contributed by atoms with Crippen LogP contribution in [0.3, 0.4) is 0 Å². The van der Waals surface area contributed by atoms with Crippen LogP contribution in [-0.2, 0) is 0 Å². The molecule has 2 N–H and O–H groups in total. The van der Waals surface area contributed by atoms with Gasteiger partial charge in [0.2, 0.25) is 5.88 Å². The van der Waals surface area contributed by atoms with Crippen LogP contribution >= 0.6 is 22.6 Å². The molecule has 0 aliphatic carbocycles. The highest BCUT2D eigenvalue weighted by Gasteiger charge is 2.13. The Morgan fingerprint density at radius 3 is 2.63 bits per heavy atom. The predicted octanol–water partition coefficient (Wildman–Crippen LogP) is 3.89. The van der Waals surface area contributed by atoms with Crippen LogP contribution in [0.5, 0.6) is 11.6 Å². The molecule has 0 amide bonds. The first-order chi connectivity index (χ1) is 8.97. The van der Waals surface area contributed by atoms with E-state index in [2.05, 4.69) is 32.6 Å². The number of halogens is 1. The average molecular weight is 369 g/mol. The van der Waals surface area contributed by atoms with Gasteiger partial charge in [-0.15, -0.1) is 0 Å². The van der Waals surface area contributed by atoms with Gasteiger partial charge >= 0.3 is 0 Å². The summed E-state index contributed by atoms with van der Waals surface area (Å²) in [5.41, 5.74) is 6.68. The fourth-order valence-corrected chi connectivity index (χ4v) is 2.04. The first-order valence-electron chi connectivity index (χ1n) is 6.05. The Labute approximate surface area is 126 Å². The Kier molecular flexibility index (Phi) is 4.24. The van der Waals surface area contributed by atoms with Crippen LogP contribution in [-0.4, -0.2) is 9.97 Å². The van der Waals surface area contributed by atoms with E-state index in [1.54, 1.807) is 0 Å². The predicted molar refractivity (Wildman–Crippen MR) is 84.5 cm³/mol. The van der Waals surface area contributed by atoms with Crippen molar-refractivity contribution in [3.63, 3.8) is 0 Å². The van der Waals surface area contributed by atoms with Gasteiger partial charge in [-0.05, 0) is 47.7 Å². The van der Waals surface area contributed by atoms with Crippen LogP contribution in [0.4, 0.5) is 5.82 Å². The van der Waals surface area contributed by atoms with Gasteiger partial charge in [-0.2, -0.15) is 4.98 Å². The molecule has 1 aromatic carbocycles. The largest absolute Gasteiger partial charge is 0.439 e. The summed E-state index contributed by atoms with van der Waals surface area (Å²) in [7, 11) is 0. The van der Waals surface area contributed by atoms with Crippen LogP contribution < -0.4 is 10.5 Å². The minimum absolute atomic E-state index is 0.209. The topological polar surface area (TPSA) is 61.0 Å². The third kappa shape index (κ3) is 3.34. The van der Waals surface area contributed by atoms with Gasteiger partial charge in [-0.1, -0.05) is 19.9 Å². The molecule has 0 saturated carbocycles. The fourth-order valence-electron chi connectivity index (χ4n) is 1.53. The third-order valence-corrected chi connectivity index (χ3v) is 3.35. The molecule has 0 bridgehead atoms. The fraction of sp³-hybridized carbons (Fsp3) is 0.286. The molecule has 0 saturated heterocycles. The Balaban J connectivity index is 2.39. The molecule has 0 aliphatic rings. The number of nitrogen functional groups attached to an aromatic ring is 1. The molecular formula is C14H16IN3O. The van der Waals surface area contributed by atoms with Gasteiger partial charge in [0.25, 0.3) is 0 Å². The third-order valence-electron chi connectivity index (χ3n) is 2.68. The molecule has 0 aliphatic heterocycles. The lowest BCUT2D eigenvalue weighted by Gasteiger charge is -2.12. The van der Waals surface area contributed by atoms with Crippen molar-refractivity contribution in [3.05, 3.63) is 39.2 Å². The molecule has 0 atom stereocenters. The van der Waals surface area contributed by atoms with Gasteiger partial charge in [0.15, 0.2) is 0 Å². The van der Waals surface area contributed by atoms with Crippen molar-refractivity contribution >= 4 is 28.4 Å². The van der Waals surface area contributed by atoms with Gasteiger partial charge in [-0.3, -0.25) is 0 Å². The van der Waals surface area contributed by atoms with Crippen LogP contribution in [0.15, 0.2) is 24.3 Å². The van der Waals surface area contributed by atoms with Crippen LogP contribution in [0.2, 0.25) is 0 Å². The standard InChI is InChI=1S/C14H16IN3O/c1-8(2)13-17-12(16)9(3)14(18-13)19-11-6-4-5-10(15)7-11/h4-8H,1-3H3,(H2,16,17,18). The zero-order valence-electron chi connectivity index (χ0n) is 11.1. The summed E-state index contributed by atoms with van der Waals surface area (Å²) in [6, 6.07) is 7.80. The second-order valence-electron chi connectivity index (χ2n) is 4.61. The SMILES string of the molecule is Cc1c(N)nc(C(C)C)nc1Oc1cccc(I)c1. The van der Waals surface area contributed by atoms with Crippen LogP contribution in [0.1, 0.15) is 31.2 Å². The number of hydrogen-bond donors (Lipinski definition) is 1. The number of rotatable bonds is 3. The molecule has 2 aromatic rings. The molecule has 0 unspecified atom stereocenters. The molecule has 0 radical (unpaired) electrons. The van der Waals surface area contributed by atoms with E-state index >= 15 is 0 Å². The zero-order chi connectivity index (χ0) is 14.0. The summed E-state index contributed by atoms with van der Waals surface area (Å²) in [6.45, 7) is 5.92. The minimum atomic E-state index is 0.209. The first kappa shape index (κ1) is 14.0. The molecule has 2 rings (SSSR count). The van der Waals surface area contributed by atoms with E-state index in [9.17, 15) is 0 Å². The number of nitrogens with zero attached hydrogens (tertiary/aromatic N) is 2. The first-order valence-corrected chi connectivity index (χ1v) is 7.12. The number of benzene rings is 1. The lowest BCUT2D eigenvalue weighted by molar-refractivity contribution is 0.453. The molecule has 0 fully saturated rings. The monoisotopic (exact) mass is 369 g/mol. The molecule has 1 heterocycles. The van der Waals surface area contributed by atoms with E-state index in [-0.39, 0.29) is 5.92 Å². The van der Waals surface area contributed by atoms with Crippen LogP contribution in [0, 0.1) is 10.5 Å². The van der Waals surface area contributed by atoms with E-state index in [1.165, 1.54) is 0 Å². The summed E-state index contributed by atoms with van der Waals surface area (Å²) in [5, 5.41) is 0. The summed E-state index contributed by atoms with van der Waals surface area (Å²) in [6.07, 6.45) is 0. The van der Waals surface area contributed by atoms with Crippen LogP contribution in [0.25, 0.3) is 0 Å². The van der Waals surface area contributed by atoms with Crippen molar-refractivity contribution in [3.8, 4) is 11.6 Å². The summed E-state index contributed by atoms with van der Waals surface area (Å²) in [5.74, 6) is 2.66. The van der Waals surface area contributed by atoms with Gasteiger partial charge in [0, 0.05) is 9.49 Å². The number of anilines is 1. The second kappa shape index (κ2) is 5.73. The van der Waals surface area contributed by atoms with Crippen molar-refractivity contribution in [2.45, 2.75) is 26.7 Å². The molecule has 5 heteroatoms. The van der Waals surface area contributed by atoms with E-state index in [0.717, 1.165) is 14.9 Å². The highest BCUT2D eigenvalue weighted by Crippen LogP contribution is 2.28. The van der Waals surface area contributed by atoms with E-state index in [1.807, 2.05) is 45.0 Å². The molecule has 4 nitrogen and oxygen atoms in total. The zero-order valence-corrected chi connectivity index (χ0v) is 13.3. The van der Waals surface area contributed by atoms with E-state index in [4.69, 9.17) is 10.5 Å². The Morgan fingerprint density at radius 2 is 2.00 bits per heavy atom. The maximum absolute atomic E-state index is 5.91. The number of aromatic nitrogens is 2. The highest BCUT2D eigenvalue weighted by atomic mass is 127. The number of ether oxygens (including phenoxy) is 1. The molecule has 1 aromatic heterocycles. The summed E-state index contributed by atoms with van der Waals surface area (Å²) >= 11 is 2.24. The number of hydrogen-bond acceptors (Lipinski definition) is 4. The van der Waals surface area contributed by atoms with Crippen molar-refractivity contribution in [1.29, 1.82) is 0 Å². The van der Waals surface area contributed by atoms with Crippen molar-refractivity contribution in [2.75, 3.05) is 5.73 Å². The lowest BCUT2D eigenvalue weighted by Crippen LogP contribution is -2.06. The number of nitrogens with two attached hydrogens (primary N) is 1. The molecule has 19 heavy (non-hydrogen) atoms. The maximum Gasteiger partial charge on any atom is 0.227 e. The average Bonchev–Trinajstić information content (AvgIpc) is 2.34. The smallest absolute Gasteiger partial charge is 0.227 e. The summed E-state index contributed by atoms with van der Waals surface area (Å²) < 4.78 is 6.94. The highest BCUT2D eigenvalue weighted by molar-refractivity contribution is 14.1. The normalized spacial score (nSPS) is 10.8. The van der Waals surface area contributed by atoms with Gasteiger partial charge in [-0.25, -0.2) is 4.98 Å². The lowest BCUT2D eigenvalue weighted by atomic mass is 10.2. The van der Waals surface area contributed by atoms with Crippen molar-refractivity contribution in [2.24, 2.45) is 0 Å². The van der Waals surface area contributed by atoms with Gasteiger partial charge in [0.1, 0.15) is 17.4 Å². The molecular weight excluding hydrogens is 353 g/mol. The van der Waals surface area contributed by atoms with Gasteiger partial charge < -0.3 is 10.5 Å². The Bertz CT molecular complexity index is 599. The van der Waals surface area contributed by atoms with E-state index in [0.29, 0.717) is 17.5 Å². The maximum atomic E-state index is 5.91.